The molecule has 7 nitrogen and oxygen atoms in total. The standard InChI is InChI=1S/C26H26N4O3/c1-4-15-30-24-22(9-6-14-27-24)29-23(26(30)32)18-10-12-19(13-11-18)25(31)28-17(2)20-7-5-8-21(16-20)33-3/h5-14,16-17H,4,15H2,1-3H3,(H,28,31). The molecule has 33 heavy (non-hydrogen) atoms. The van der Waals surface area contributed by atoms with Crippen molar-refractivity contribution >= 4 is 17.1 Å². The van der Waals surface area contributed by atoms with Gasteiger partial charge in [-0.2, -0.15) is 0 Å². The molecule has 0 saturated carbocycles. The number of nitrogens with one attached hydrogen (secondary N) is 1. The SMILES string of the molecule is CCCn1c(=O)c(-c2ccc(C(=O)NC(C)c3cccc(OC)c3)cc2)nc2cccnc21. The van der Waals surface area contributed by atoms with E-state index in [0.29, 0.717) is 34.5 Å². The molecule has 4 rings (SSSR count). The number of carbonyl (C=O) groups excluding carboxylic acids is 1. The Kier molecular flexibility index (Phi) is 6.49. The van der Waals surface area contributed by atoms with Gasteiger partial charge in [0.1, 0.15) is 17.0 Å². The molecular formula is C26H26N4O3. The van der Waals surface area contributed by atoms with Crippen LogP contribution in [0.3, 0.4) is 0 Å². The molecular weight excluding hydrogens is 416 g/mol. The van der Waals surface area contributed by atoms with Gasteiger partial charge in [-0.05, 0) is 55.3 Å². The third-order valence-corrected chi connectivity index (χ3v) is 5.51. The fraction of sp³-hybridized carbons (Fsp3) is 0.231. The summed E-state index contributed by atoms with van der Waals surface area (Å²) in [4.78, 5) is 34.8. The zero-order valence-corrected chi connectivity index (χ0v) is 18.9. The van der Waals surface area contributed by atoms with Crippen molar-refractivity contribution in [2.45, 2.75) is 32.9 Å². The largest absolute Gasteiger partial charge is 0.497 e. The van der Waals surface area contributed by atoms with E-state index in [9.17, 15) is 9.59 Å². The first-order chi connectivity index (χ1) is 16.0. The summed E-state index contributed by atoms with van der Waals surface area (Å²) in [6.45, 7) is 4.50. The van der Waals surface area contributed by atoms with Crippen molar-refractivity contribution in [1.29, 1.82) is 0 Å². The summed E-state index contributed by atoms with van der Waals surface area (Å²) >= 11 is 0. The van der Waals surface area contributed by atoms with Gasteiger partial charge in [-0.1, -0.05) is 31.2 Å². The molecule has 1 amide bonds. The number of hydrogen-bond donors (Lipinski definition) is 1. The van der Waals surface area contributed by atoms with Gasteiger partial charge in [-0.25, -0.2) is 9.97 Å². The second-order valence-electron chi connectivity index (χ2n) is 7.81. The number of ether oxygens (including phenoxy) is 1. The molecule has 0 saturated heterocycles. The molecule has 2 aromatic heterocycles. The number of methoxy groups -OCH3 is 1. The third-order valence-electron chi connectivity index (χ3n) is 5.51. The topological polar surface area (TPSA) is 86.1 Å². The Hall–Kier alpha value is -4.00. The highest BCUT2D eigenvalue weighted by Crippen LogP contribution is 2.21. The molecule has 168 valence electrons. The molecule has 1 atom stereocenters. The monoisotopic (exact) mass is 442 g/mol. The Morgan fingerprint density at radius 2 is 1.91 bits per heavy atom. The number of benzene rings is 2. The van der Waals surface area contributed by atoms with Crippen molar-refractivity contribution in [2.75, 3.05) is 7.11 Å². The van der Waals surface area contributed by atoms with Crippen molar-refractivity contribution in [3.8, 4) is 17.0 Å². The Balaban J connectivity index is 1.59. The lowest BCUT2D eigenvalue weighted by Gasteiger charge is -2.15. The Bertz CT molecular complexity index is 1350. The summed E-state index contributed by atoms with van der Waals surface area (Å²) in [5.41, 5.74) is 3.51. The van der Waals surface area contributed by atoms with Gasteiger partial charge in [0.25, 0.3) is 11.5 Å². The maximum Gasteiger partial charge on any atom is 0.278 e. The smallest absolute Gasteiger partial charge is 0.278 e. The van der Waals surface area contributed by atoms with Crippen molar-refractivity contribution in [1.82, 2.24) is 19.9 Å². The van der Waals surface area contributed by atoms with Crippen molar-refractivity contribution in [2.24, 2.45) is 0 Å². The third kappa shape index (κ3) is 4.62. The number of aryl methyl sites for hydroxylation is 1. The van der Waals surface area contributed by atoms with E-state index in [1.165, 1.54) is 0 Å². The molecule has 0 radical (unpaired) electrons. The first-order valence-electron chi connectivity index (χ1n) is 10.9. The van der Waals surface area contributed by atoms with Gasteiger partial charge >= 0.3 is 0 Å². The van der Waals surface area contributed by atoms with Crippen molar-refractivity contribution in [3.05, 3.63) is 88.3 Å². The molecule has 0 spiro atoms. The van der Waals surface area contributed by atoms with Gasteiger partial charge in [-0.3, -0.25) is 14.2 Å². The first-order valence-corrected chi connectivity index (χ1v) is 10.9. The summed E-state index contributed by atoms with van der Waals surface area (Å²) in [5, 5.41) is 3.00. The molecule has 1 N–H and O–H groups in total. The maximum atomic E-state index is 13.1. The number of carbonyl (C=O) groups is 1. The molecule has 2 heterocycles. The van der Waals surface area contributed by atoms with Gasteiger partial charge in [0.05, 0.1) is 13.2 Å². The molecule has 0 aliphatic heterocycles. The summed E-state index contributed by atoms with van der Waals surface area (Å²) in [6, 6.07) is 18.0. The molecule has 0 aliphatic rings. The molecule has 0 aliphatic carbocycles. The lowest BCUT2D eigenvalue weighted by molar-refractivity contribution is 0.0940. The second-order valence-corrected chi connectivity index (χ2v) is 7.81. The summed E-state index contributed by atoms with van der Waals surface area (Å²) in [5.74, 6) is 0.542. The average Bonchev–Trinajstić information content (AvgIpc) is 2.85. The number of nitrogens with zero attached hydrogens (tertiary/aromatic N) is 3. The second kappa shape index (κ2) is 9.65. The number of aromatic nitrogens is 3. The molecule has 2 aromatic carbocycles. The molecule has 7 heteroatoms. The highest BCUT2D eigenvalue weighted by molar-refractivity contribution is 5.95. The quantitative estimate of drug-likeness (QED) is 0.459. The van der Waals surface area contributed by atoms with E-state index in [1.807, 2.05) is 44.2 Å². The average molecular weight is 443 g/mol. The summed E-state index contributed by atoms with van der Waals surface area (Å²) in [6.07, 6.45) is 2.47. The van der Waals surface area contributed by atoms with Crippen LogP contribution >= 0.6 is 0 Å². The van der Waals surface area contributed by atoms with Crippen molar-refractivity contribution in [3.63, 3.8) is 0 Å². The summed E-state index contributed by atoms with van der Waals surface area (Å²) in [7, 11) is 1.61. The van der Waals surface area contributed by atoms with Crippen LogP contribution in [0.4, 0.5) is 0 Å². The number of pyridine rings is 1. The van der Waals surface area contributed by atoms with E-state index in [0.717, 1.165) is 17.7 Å². The van der Waals surface area contributed by atoms with Crippen LogP contribution in [0.15, 0.2) is 71.7 Å². The molecule has 0 fully saturated rings. The maximum absolute atomic E-state index is 13.1. The first kappa shape index (κ1) is 22.2. The number of hydrogen-bond acceptors (Lipinski definition) is 5. The highest BCUT2D eigenvalue weighted by Gasteiger charge is 2.15. The van der Waals surface area contributed by atoms with Crippen LogP contribution < -0.4 is 15.6 Å². The van der Waals surface area contributed by atoms with E-state index < -0.39 is 0 Å². The lowest BCUT2D eigenvalue weighted by atomic mass is 10.1. The van der Waals surface area contributed by atoms with Gasteiger partial charge in [0, 0.05) is 23.9 Å². The fourth-order valence-corrected chi connectivity index (χ4v) is 3.75. The Labute approximate surface area is 192 Å². The van der Waals surface area contributed by atoms with Gasteiger partial charge in [0.15, 0.2) is 5.65 Å². The number of rotatable bonds is 7. The predicted octanol–water partition coefficient (Wildman–Crippen LogP) is 4.37. The van der Waals surface area contributed by atoms with Crippen LogP contribution in [-0.4, -0.2) is 27.6 Å². The lowest BCUT2D eigenvalue weighted by Crippen LogP contribution is -2.26. The normalized spacial score (nSPS) is 11.8. The van der Waals surface area contributed by atoms with Crippen molar-refractivity contribution < 1.29 is 9.53 Å². The summed E-state index contributed by atoms with van der Waals surface area (Å²) < 4.78 is 6.92. The van der Waals surface area contributed by atoms with E-state index in [-0.39, 0.29) is 17.5 Å². The van der Waals surface area contributed by atoms with Crippen LogP contribution in [0.5, 0.6) is 5.75 Å². The van der Waals surface area contributed by atoms with Gasteiger partial charge in [0.2, 0.25) is 0 Å². The Morgan fingerprint density at radius 1 is 1.12 bits per heavy atom. The zero-order chi connectivity index (χ0) is 23.4. The Morgan fingerprint density at radius 3 is 2.64 bits per heavy atom. The molecule has 0 bridgehead atoms. The van der Waals surface area contributed by atoms with Crippen LogP contribution in [0.25, 0.3) is 22.4 Å². The van der Waals surface area contributed by atoms with E-state index in [4.69, 9.17) is 4.74 Å². The zero-order valence-electron chi connectivity index (χ0n) is 18.9. The predicted molar refractivity (Wildman–Crippen MR) is 128 cm³/mol. The minimum Gasteiger partial charge on any atom is -0.497 e. The van der Waals surface area contributed by atoms with Crippen LogP contribution in [0, 0.1) is 0 Å². The van der Waals surface area contributed by atoms with E-state index in [2.05, 4.69) is 15.3 Å². The van der Waals surface area contributed by atoms with Crippen LogP contribution in [-0.2, 0) is 6.54 Å². The van der Waals surface area contributed by atoms with Gasteiger partial charge in [-0.15, -0.1) is 0 Å². The van der Waals surface area contributed by atoms with Gasteiger partial charge < -0.3 is 10.1 Å². The van der Waals surface area contributed by atoms with Crippen LogP contribution in [0.2, 0.25) is 0 Å². The number of amides is 1. The van der Waals surface area contributed by atoms with Crippen LogP contribution in [0.1, 0.15) is 42.2 Å². The molecule has 4 aromatic rings. The van der Waals surface area contributed by atoms with E-state index in [1.54, 1.807) is 48.2 Å². The fourth-order valence-electron chi connectivity index (χ4n) is 3.75. The minimum atomic E-state index is -0.198. The highest BCUT2D eigenvalue weighted by atomic mass is 16.5. The molecule has 1 unspecified atom stereocenters. The van der Waals surface area contributed by atoms with E-state index >= 15 is 0 Å². The minimum absolute atomic E-state index is 0.188. The number of fused-ring (bicyclic) bond motifs is 1.